The van der Waals surface area contributed by atoms with Gasteiger partial charge in [-0.3, -0.25) is 0 Å². The van der Waals surface area contributed by atoms with E-state index in [1.54, 1.807) is 0 Å². The van der Waals surface area contributed by atoms with Crippen LogP contribution in [0.3, 0.4) is 0 Å². The van der Waals surface area contributed by atoms with E-state index < -0.39 is 0 Å². The summed E-state index contributed by atoms with van der Waals surface area (Å²) in [7, 11) is 0. The maximum atomic E-state index is 5.85. The van der Waals surface area contributed by atoms with E-state index in [4.69, 9.17) is 21.7 Å². The third kappa shape index (κ3) is 5.46. The van der Waals surface area contributed by atoms with Crippen LogP contribution in [0, 0.1) is 6.92 Å². The molecule has 0 bridgehead atoms. The van der Waals surface area contributed by atoms with Gasteiger partial charge in [0.1, 0.15) is 17.2 Å². The minimum atomic E-state index is 0.546. The number of para-hydroxylation sites is 1. The second-order valence-corrected chi connectivity index (χ2v) is 6.33. The van der Waals surface area contributed by atoms with E-state index in [0.717, 1.165) is 34.2 Å². The van der Waals surface area contributed by atoms with Crippen molar-refractivity contribution in [2.75, 3.05) is 17.2 Å². The first-order valence-electron chi connectivity index (χ1n) is 8.78. The van der Waals surface area contributed by atoms with Crippen LogP contribution in [0.1, 0.15) is 12.5 Å². The molecule has 0 aliphatic rings. The van der Waals surface area contributed by atoms with Crippen LogP contribution in [-0.2, 0) is 0 Å². The van der Waals surface area contributed by atoms with E-state index in [1.807, 2.05) is 86.6 Å². The van der Waals surface area contributed by atoms with Gasteiger partial charge in [0.2, 0.25) is 0 Å². The Bertz CT molecular complexity index is 893. The summed E-state index contributed by atoms with van der Waals surface area (Å²) in [6.07, 6.45) is 0. The number of hydrogen-bond acceptors (Lipinski definition) is 3. The average Bonchev–Trinajstić information content (AvgIpc) is 2.67. The van der Waals surface area contributed by atoms with E-state index in [1.165, 1.54) is 0 Å². The Labute approximate surface area is 165 Å². The molecule has 0 atom stereocenters. The number of ether oxygens (including phenoxy) is 2. The van der Waals surface area contributed by atoms with E-state index in [-0.39, 0.29) is 0 Å². The third-order valence-corrected chi connectivity index (χ3v) is 4.08. The van der Waals surface area contributed by atoms with Crippen LogP contribution in [0.25, 0.3) is 0 Å². The van der Waals surface area contributed by atoms with E-state index >= 15 is 0 Å². The van der Waals surface area contributed by atoms with Gasteiger partial charge in [-0.15, -0.1) is 0 Å². The molecule has 4 nitrogen and oxygen atoms in total. The van der Waals surface area contributed by atoms with Gasteiger partial charge in [-0.1, -0.05) is 18.2 Å². The summed E-state index contributed by atoms with van der Waals surface area (Å²) in [5, 5.41) is 6.93. The molecular formula is C22H22N2O2S. The van der Waals surface area contributed by atoms with Gasteiger partial charge in [-0.05, 0) is 86.2 Å². The Balaban J connectivity index is 1.56. The highest BCUT2D eigenvalue weighted by Crippen LogP contribution is 2.25. The molecule has 0 fully saturated rings. The molecule has 0 aromatic heterocycles. The molecule has 5 heteroatoms. The minimum Gasteiger partial charge on any atom is -0.494 e. The minimum absolute atomic E-state index is 0.546. The maximum Gasteiger partial charge on any atom is 0.175 e. The first-order valence-corrected chi connectivity index (χ1v) is 9.19. The number of anilines is 2. The van der Waals surface area contributed by atoms with Crippen LogP contribution in [-0.4, -0.2) is 11.7 Å². The molecule has 3 rings (SSSR count). The van der Waals surface area contributed by atoms with Gasteiger partial charge < -0.3 is 20.1 Å². The van der Waals surface area contributed by atoms with Crippen LogP contribution in [0.4, 0.5) is 11.4 Å². The summed E-state index contributed by atoms with van der Waals surface area (Å²) in [5.41, 5.74) is 3.02. The molecule has 0 aliphatic carbocycles. The van der Waals surface area contributed by atoms with Gasteiger partial charge in [0.15, 0.2) is 5.11 Å². The van der Waals surface area contributed by atoms with Crippen molar-refractivity contribution in [3.63, 3.8) is 0 Å². The number of benzene rings is 3. The van der Waals surface area contributed by atoms with E-state index in [9.17, 15) is 0 Å². The fourth-order valence-corrected chi connectivity index (χ4v) is 2.74. The van der Waals surface area contributed by atoms with Gasteiger partial charge in [-0.2, -0.15) is 0 Å². The van der Waals surface area contributed by atoms with Crippen LogP contribution in [0.5, 0.6) is 17.2 Å². The Morgan fingerprint density at radius 2 is 1.41 bits per heavy atom. The van der Waals surface area contributed by atoms with Crippen molar-refractivity contribution in [2.24, 2.45) is 0 Å². The average molecular weight is 378 g/mol. The van der Waals surface area contributed by atoms with Gasteiger partial charge in [0.25, 0.3) is 0 Å². The standard InChI is InChI=1S/C22H22N2O2S/c1-3-25-18-12-14-20(15-13-18)26-19-10-8-17(9-11-19)23-22(27)24-21-7-5-4-6-16(21)2/h4-15H,3H2,1-2H3,(H2,23,24,27). The summed E-state index contributed by atoms with van der Waals surface area (Å²) < 4.78 is 11.3. The quantitative estimate of drug-likeness (QED) is 0.515. The summed E-state index contributed by atoms with van der Waals surface area (Å²) >= 11 is 5.38. The molecular weight excluding hydrogens is 356 g/mol. The van der Waals surface area contributed by atoms with Gasteiger partial charge >= 0.3 is 0 Å². The maximum absolute atomic E-state index is 5.85. The molecule has 2 N–H and O–H groups in total. The summed E-state index contributed by atoms with van der Waals surface area (Å²) in [5.74, 6) is 2.34. The first-order chi connectivity index (χ1) is 13.1. The lowest BCUT2D eigenvalue weighted by Gasteiger charge is -2.13. The molecule has 3 aromatic rings. The SMILES string of the molecule is CCOc1ccc(Oc2ccc(NC(=S)Nc3ccccc3C)cc2)cc1. The zero-order valence-corrected chi connectivity index (χ0v) is 16.2. The molecule has 0 amide bonds. The zero-order chi connectivity index (χ0) is 19.1. The lowest BCUT2D eigenvalue weighted by atomic mass is 10.2. The molecule has 0 unspecified atom stereocenters. The van der Waals surface area contributed by atoms with Crippen molar-refractivity contribution in [3.8, 4) is 17.2 Å². The molecule has 0 saturated heterocycles. The van der Waals surface area contributed by atoms with Crippen molar-refractivity contribution in [1.29, 1.82) is 0 Å². The van der Waals surface area contributed by atoms with Crippen molar-refractivity contribution in [2.45, 2.75) is 13.8 Å². The third-order valence-electron chi connectivity index (χ3n) is 3.88. The summed E-state index contributed by atoms with van der Waals surface area (Å²) in [6.45, 7) is 4.65. The predicted molar refractivity (Wildman–Crippen MR) is 115 cm³/mol. The van der Waals surface area contributed by atoms with Crippen LogP contribution >= 0.6 is 12.2 Å². The normalized spacial score (nSPS) is 10.1. The Hall–Kier alpha value is -3.05. The monoisotopic (exact) mass is 378 g/mol. The first kappa shape index (κ1) is 18.7. The largest absolute Gasteiger partial charge is 0.494 e. The highest BCUT2D eigenvalue weighted by atomic mass is 32.1. The van der Waals surface area contributed by atoms with E-state index in [2.05, 4.69) is 10.6 Å². The second kappa shape index (κ2) is 9.05. The number of nitrogens with one attached hydrogen (secondary N) is 2. The second-order valence-electron chi connectivity index (χ2n) is 5.92. The molecule has 0 radical (unpaired) electrons. The molecule has 0 aliphatic heterocycles. The Morgan fingerprint density at radius 3 is 2.04 bits per heavy atom. The highest BCUT2D eigenvalue weighted by molar-refractivity contribution is 7.80. The van der Waals surface area contributed by atoms with Crippen LogP contribution in [0.2, 0.25) is 0 Å². The summed E-state index contributed by atoms with van der Waals surface area (Å²) in [6, 6.07) is 23.2. The number of hydrogen-bond donors (Lipinski definition) is 2. The molecule has 0 saturated carbocycles. The molecule has 27 heavy (non-hydrogen) atoms. The van der Waals surface area contributed by atoms with Crippen molar-refractivity contribution < 1.29 is 9.47 Å². The van der Waals surface area contributed by atoms with Gasteiger partial charge in [0.05, 0.1) is 6.61 Å². The predicted octanol–water partition coefficient (Wildman–Crippen LogP) is 5.99. The Kier molecular flexibility index (Phi) is 6.28. The molecule has 0 spiro atoms. The van der Waals surface area contributed by atoms with E-state index in [0.29, 0.717) is 11.7 Å². The highest BCUT2D eigenvalue weighted by Gasteiger charge is 2.03. The van der Waals surface area contributed by atoms with Crippen molar-refractivity contribution in [3.05, 3.63) is 78.4 Å². The Morgan fingerprint density at radius 1 is 0.815 bits per heavy atom. The smallest absolute Gasteiger partial charge is 0.175 e. The van der Waals surface area contributed by atoms with Gasteiger partial charge in [0, 0.05) is 11.4 Å². The van der Waals surface area contributed by atoms with Crippen LogP contribution in [0.15, 0.2) is 72.8 Å². The number of rotatable bonds is 6. The number of aryl methyl sites for hydroxylation is 1. The fraction of sp³-hybridized carbons (Fsp3) is 0.136. The zero-order valence-electron chi connectivity index (χ0n) is 15.4. The molecule has 0 heterocycles. The lowest BCUT2D eigenvalue weighted by Crippen LogP contribution is -2.19. The van der Waals surface area contributed by atoms with Crippen molar-refractivity contribution >= 4 is 28.7 Å². The van der Waals surface area contributed by atoms with Gasteiger partial charge in [-0.25, -0.2) is 0 Å². The summed E-state index contributed by atoms with van der Waals surface area (Å²) in [4.78, 5) is 0. The topological polar surface area (TPSA) is 42.5 Å². The lowest BCUT2D eigenvalue weighted by molar-refractivity contribution is 0.339. The molecule has 3 aromatic carbocycles. The molecule has 138 valence electrons. The fourth-order valence-electron chi connectivity index (χ4n) is 2.51. The van der Waals surface area contributed by atoms with Crippen LogP contribution < -0.4 is 20.1 Å². The number of thiocarbonyl (C=S) groups is 1. The van der Waals surface area contributed by atoms with Crippen molar-refractivity contribution in [1.82, 2.24) is 0 Å².